The Morgan fingerprint density at radius 3 is 2.40 bits per heavy atom. The number of aromatic nitrogens is 1. The van der Waals surface area contributed by atoms with E-state index in [1.807, 2.05) is 0 Å². The Labute approximate surface area is 142 Å². The number of H-pyrrole nitrogens is 1. The second kappa shape index (κ2) is 7.31. The number of urea groups is 1. The fraction of sp³-hybridized carbons (Fsp3) is 0. The minimum atomic E-state index is -0.581. The van der Waals surface area contributed by atoms with Gasteiger partial charge in [0.15, 0.2) is 0 Å². The lowest BCUT2D eigenvalue weighted by atomic mass is 10.3. The van der Waals surface area contributed by atoms with Crippen LogP contribution in [0.25, 0.3) is 0 Å². The van der Waals surface area contributed by atoms with E-state index in [-0.39, 0.29) is 5.69 Å². The average Bonchev–Trinajstić information content (AvgIpc) is 3.13. The molecule has 0 saturated heterocycles. The van der Waals surface area contributed by atoms with E-state index in [1.54, 1.807) is 42.6 Å². The number of halogens is 1. The minimum absolute atomic E-state index is 0.0806. The number of esters is 1. The number of nitrogens with one attached hydrogen (secondary N) is 3. The molecule has 25 heavy (non-hydrogen) atoms. The van der Waals surface area contributed by atoms with E-state index in [1.165, 1.54) is 24.4 Å². The predicted octanol–water partition coefficient (Wildman–Crippen LogP) is 4.02. The molecule has 3 N–H and O–H groups in total. The van der Waals surface area contributed by atoms with Crippen molar-refractivity contribution in [1.82, 2.24) is 4.98 Å². The van der Waals surface area contributed by atoms with Crippen LogP contribution in [0.4, 0.5) is 20.6 Å². The van der Waals surface area contributed by atoms with Gasteiger partial charge in [-0.05, 0) is 42.5 Å². The van der Waals surface area contributed by atoms with Crippen molar-refractivity contribution in [3.63, 3.8) is 0 Å². The second-order valence-electron chi connectivity index (χ2n) is 5.07. The molecule has 2 aromatic carbocycles. The van der Waals surface area contributed by atoms with Crippen LogP contribution in [0.3, 0.4) is 0 Å². The van der Waals surface area contributed by atoms with Gasteiger partial charge in [0.05, 0.1) is 11.3 Å². The van der Waals surface area contributed by atoms with Crippen molar-refractivity contribution >= 4 is 23.4 Å². The lowest BCUT2D eigenvalue weighted by molar-refractivity contribution is 0.0735. The third kappa shape index (κ3) is 4.23. The number of anilines is 2. The van der Waals surface area contributed by atoms with Crippen molar-refractivity contribution in [2.45, 2.75) is 0 Å². The van der Waals surface area contributed by atoms with Crippen LogP contribution in [0, 0.1) is 5.82 Å². The Balaban J connectivity index is 1.58. The number of carbonyl (C=O) groups excluding carboxylic acids is 2. The molecule has 0 atom stereocenters. The van der Waals surface area contributed by atoms with E-state index in [0.29, 0.717) is 17.0 Å². The van der Waals surface area contributed by atoms with Gasteiger partial charge in [-0.3, -0.25) is 0 Å². The largest absolute Gasteiger partial charge is 0.423 e. The molecule has 0 spiro atoms. The maximum absolute atomic E-state index is 13.5. The van der Waals surface area contributed by atoms with E-state index in [4.69, 9.17) is 4.74 Å². The first-order chi connectivity index (χ1) is 12.1. The molecule has 0 aliphatic carbocycles. The van der Waals surface area contributed by atoms with Crippen molar-refractivity contribution in [3.8, 4) is 5.75 Å². The van der Waals surface area contributed by atoms with Crippen molar-refractivity contribution in [3.05, 3.63) is 78.4 Å². The normalized spacial score (nSPS) is 10.1. The zero-order valence-corrected chi connectivity index (χ0v) is 13.0. The molecule has 3 aromatic rings. The number of benzene rings is 2. The van der Waals surface area contributed by atoms with Crippen LogP contribution in [0.1, 0.15) is 10.4 Å². The molecule has 0 unspecified atom stereocenters. The van der Waals surface area contributed by atoms with Crippen molar-refractivity contribution < 1.29 is 18.7 Å². The number of para-hydroxylation sites is 1. The molecular weight excluding hydrogens is 325 g/mol. The predicted molar refractivity (Wildman–Crippen MR) is 91.2 cm³/mol. The molecule has 126 valence electrons. The molecule has 0 bridgehead atoms. The maximum atomic E-state index is 13.5. The van der Waals surface area contributed by atoms with Gasteiger partial charge in [-0.2, -0.15) is 0 Å². The van der Waals surface area contributed by atoms with E-state index in [2.05, 4.69) is 15.6 Å². The van der Waals surface area contributed by atoms with E-state index in [0.717, 1.165) is 0 Å². The summed E-state index contributed by atoms with van der Waals surface area (Å²) in [6.45, 7) is 0. The average molecular weight is 339 g/mol. The summed E-state index contributed by atoms with van der Waals surface area (Å²) in [6, 6.07) is 13.1. The van der Waals surface area contributed by atoms with Crippen molar-refractivity contribution in [2.24, 2.45) is 0 Å². The van der Waals surface area contributed by atoms with Gasteiger partial charge < -0.3 is 20.4 Å². The van der Waals surface area contributed by atoms with Gasteiger partial charge in [0.25, 0.3) is 0 Å². The van der Waals surface area contributed by atoms with Crippen LogP contribution in [-0.2, 0) is 0 Å². The Morgan fingerprint density at radius 1 is 0.960 bits per heavy atom. The van der Waals surface area contributed by atoms with Crippen molar-refractivity contribution in [1.29, 1.82) is 0 Å². The number of amides is 2. The van der Waals surface area contributed by atoms with Gasteiger partial charge in [0.1, 0.15) is 11.6 Å². The number of ether oxygens (including phenoxy) is 1. The highest BCUT2D eigenvalue weighted by Gasteiger charge is 2.09. The molecule has 1 heterocycles. The first-order valence-electron chi connectivity index (χ1n) is 7.39. The molecule has 2 amide bonds. The highest BCUT2D eigenvalue weighted by atomic mass is 19.1. The number of hydrogen-bond donors (Lipinski definition) is 3. The zero-order valence-electron chi connectivity index (χ0n) is 13.0. The highest BCUT2D eigenvalue weighted by Crippen LogP contribution is 2.18. The number of hydrogen-bond acceptors (Lipinski definition) is 3. The summed E-state index contributed by atoms with van der Waals surface area (Å²) >= 11 is 0. The smallest absolute Gasteiger partial charge is 0.345 e. The lowest BCUT2D eigenvalue weighted by Crippen LogP contribution is -2.20. The summed E-state index contributed by atoms with van der Waals surface area (Å²) in [5, 5.41) is 4.97. The molecular formula is C18H14FN3O3. The number of carbonyl (C=O) groups is 2. The summed E-state index contributed by atoms with van der Waals surface area (Å²) in [4.78, 5) is 26.5. The van der Waals surface area contributed by atoms with Crippen LogP contribution in [-0.4, -0.2) is 17.0 Å². The summed E-state index contributed by atoms with van der Waals surface area (Å²) in [7, 11) is 0. The SMILES string of the molecule is O=C(Nc1ccc(OC(=O)c2cc[nH]c2)cc1)Nc1ccccc1F. The number of aromatic amines is 1. The van der Waals surface area contributed by atoms with Gasteiger partial charge >= 0.3 is 12.0 Å². The van der Waals surface area contributed by atoms with Gasteiger partial charge in [0, 0.05) is 18.1 Å². The first kappa shape index (κ1) is 16.3. The van der Waals surface area contributed by atoms with Gasteiger partial charge in [-0.25, -0.2) is 14.0 Å². The Kier molecular flexibility index (Phi) is 4.75. The molecule has 1 aromatic heterocycles. The highest BCUT2D eigenvalue weighted by molar-refractivity contribution is 5.99. The molecule has 0 radical (unpaired) electrons. The zero-order chi connectivity index (χ0) is 17.6. The fourth-order valence-corrected chi connectivity index (χ4v) is 2.07. The van der Waals surface area contributed by atoms with Gasteiger partial charge in [-0.15, -0.1) is 0 Å². The van der Waals surface area contributed by atoms with Crippen LogP contribution in [0.15, 0.2) is 67.0 Å². The first-order valence-corrected chi connectivity index (χ1v) is 7.39. The van der Waals surface area contributed by atoms with Crippen molar-refractivity contribution in [2.75, 3.05) is 10.6 Å². The molecule has 0 aliphatic rings. The van der Waals surface area contributed by atoms with Crippen LogP contribution >= 0.6 is 0 Å². The quantitative estimate of drug-likeness (QED) is 0.496. The summed E-state index contributed by atoms with van der Waals surface area (Å²) in [5.74, 6) is -0.671. The molecule has 7 heteroatoms. The molecule has 6 nitrogen and oxygen atoms in total. The Hall–Kier alpha value is -3.61. The van der Waals surface area contributed by atoms with Gasteiger partial charge in [-0.1, -0.05) is 12.1 Å². The van der Waals surface area contributed by atoms with E-state index in [9.17, 15) is 14.0 Å². The Bertz CT molecular complexity index is 877. The monoisotopic (exact) mass is 339 g/mol. The summed E-state index contributed by atoms with van der Waals surface area (Å²) in [5.41, 5.74) is 0.957. The second-order valence-corrected chi connectivity index (χ2v) is 5.07. The molecule has 0 aliphatic heterocycles. The Morgan fingerprint density at radius 2 is 1.72 bits per heavy atom. The third-order valence-corrected chi connectivity index (χ3v) is 3.28. The molecule has 0 fully saturated rings. The summed E-state index contributed by atoms with van der Waals surface area (Å²) in [6.07, 6.45) is 3.16. The van der Waals surface area contributed by atoms with Crippen LogP contribution in [0.2, 0.25) is 0 Å². The third-order valence-electron chi connectivity index (χ3n) is 3.28. The topological polar surface area (TPSA) is 83.2 Å². The standard InChI is InChI=1S/C18H14FN3O3/c19-15-3-1-2-4-16(15)22-18(24)21-13-5-7-14(8-6-13)25-17(23)12-9-10-20-11-12/h1-11,20H,(H2,21,22,24). The maximum Gasteiger partial charge on any atom is 0.345 e. The fourth-order valence-electron chi connectivity index (χ4n) is 2.07. The van der Waals surface area contributed by atoms with E-state index >= 15 is 0 Å². The number of rotatable bonds is 4. The van der Waals surface area contributed by atoms with Crippen LogP contribution < -0.4 is 15.4 Å². The summed E-state index contributed by atoms with van der Waals surface area (Å²) < 4.78 is 18.7. The van der Waals surface area contributed by atoms with Crippen LogP contribution in [0.5, 0.6) is 5.75 Å². The minimum Gasteiger partial charge on any atom is -0.423 e. The van der Waals surface area contributed by atoms with E-state index < -0.39 is 17.8 Å². The lowest BCUT2D eigenvalue weighted by Gasteiger charge is -2.09. The molecule has 3 rings (SSSR count). The molecule has 0 saturated carbocycles. The van der Waals surface area contributed by atoms with Gasteiger partial charge in [0.2, 0.25) is 0 Å².